The molecule has 0 aromatic carbocycles. The zero-order chi connectivity index (χ0) is 12.7. The Bertz CT molecular complexity index is 241. The summed E-state index contributed by atoms with van der Waals surface area (Å²) in [5, 5.41) is 3.50. The standard InChI is InChI=1S/C13H25NO3/c1-4-17-12(15)10-16-9-8-14-11-6-5-7-13(11,2)3/h11,14H,4-10H2,1-3H3. The molecule has 1 fully saturated rings. The van der Waals surface area contributed by atoms with E-state index in [4.69, 9.17) is 9.47 Å². The highest BCUT2D eigenvalue weighted by atomic mass is 16.6. The molecule has 0 aliphatic heterocycles. The van der Waals surface area contributed by atoms with Gasteiger partial charge in [0.15, 0.2) is 0 Å². The minimum absolute atomic E-state index is 0.0591. The molecule has 100 valence electrons. The second-order valence-corrected chi connectivity index (χ2v) is 5.25. The SMILES string of the molecule is CCOC(=O)COCCNC1CCCC1(C)C. The van der Waals surface area contributed by atoms with Crippen molar-refractivity contribution < 1.29 is 14.3 Å². The molecule has 0 saturated heterocycles. The Balaban J connectivity index is 2.03. The molecule has 4 heteroatoms. The Morgan fingerprint density at radius 3 is 2.82 bits per heavy atom. The van der Waals surface area contributed by atoms with Crippen molar-refractivity contribution in [2.45, 2.75) is 46.1 Å². The Kier molecular flexibility index (Phi) is 5.92. The van der Waals surface area contributed by atoms with Gasteiger partial charge in [0.05, 0.1) is 13.2 Å². The Morgan fingerprint density at radius 1 is 1.47 bits per heavy atom. The predicted octanol–water partition coefficient (Wildman–Crippen LogP) is 1.73. The monoisotopic (exact) mass is 243 g/mol. The molecule has 1 atom stereocenters. The van der Waals surface area contributed by atoms with Gasteiger partial charge < -0.3 is 14.8 Å². The summed E-state index contributed by atoms with van der Waals surface area (Å²) >= 11 is 0. The third-order valence-corrected chi connectivity index (χ3v) is 3.42. The van der Waals surface area contributed by atoms with Crippen molar-refractivity contribution in [2.75, 3.05) is 26.4 Å². The first-order chi connectivity index (χ1) is 8.06. The summed E-state index contributed by atoms with van der Waals surface area (Å²) in [5.41, 5.74) is 0.390. The molecule has 0 heterocycles. The van der Waals surface area contributed by atoms with Crippen LogP contribution in [0.3, 0.4) is 0 Å². The van der Waals surface area contributed by atoms with Crippen LogP contribution in [0.5, 0.6) is 0 Å². The van der Waals surface area contributed by atoms with E-state index >= 15 is 0 Å². The lowest BCUT2D eigenvalue weighted by Crippen LogP contribution is -2.39. The molecule has 1 aliphatic rings. The average molecular weight is 243 g/mol. The highest BCUT2D eigenvalue weighted by molar-refractivity contribution is 5.70. The zero-order valence-electron chi connectivity index (χ0n) is 11.3. The summed E-state index contributed by atoms with van der Waals surface area (Å²) in [4.78, 5) is 11.0. The van der Waals surface area contributed by atoms with Gasteiger partial charge in [-0.2, -0.15) is 0 Å². The quantitative estimate of drug-likeness (QED) is 0.546. The Hall–Kier alpha value is -0.610. The van der Waals surface area contributed by atoms with Crippen LogP contribution in [0.2, 0.25) is 0 Å². The Labute approximate surface area is 104 Å². The highest BCUT2D eigenvalue weighted by Gasteiger charge is 2.33. The number of ether oxygens (including phenoxy) is 2. The van der Waals surface area contributed by atoms with Crippen LogP contribution in [0.1, 0.15) is 40.0 Å². The van der Waals surface area contributed by atoms with Gasteiger partial charge in [0, 0.05) is 12.6 Å². The van der Waals surface area contributed by atoms with E-state index in [0.29, 0.717) is 24.7 Å². The van der Waals surface area contributed by atoms with Crippen molar-refractivity contribution >= 4 is 5.97 Å². The van der Waals surface area contributed by atoms with E-state index in [-0.39, 0.29) is 12.6 Å². The van der Waals surface area contributed by atoms with Gasteiger partial charge in [-0.05, 0) is 25.2 Å². The number of carbonyl (C=O) groups excluding carboxylic acids is 1. The van der Waals surface area contributed by atoms with Crippen LogP contribution < -0.4 is 5.32 Å². The van der Waals surface area contributed by atoms with Gasteiger partial charge in [0.1, 0.15) is 6.61 Å². The maximum absolute atomic E-state index is 11.0. The van der Waals surface area contributed by atoms with E-state index < -0.39 is 0 Å². The first kappa shape index (κ1) is 14.5. The van der Waals surface area contributed by atoms with Crippen LogP contribution in [0.4, 0.5) is 0 Å². The molecule has 0 amide bonds. The molecular formula is C13H25NO3. The van der Waals surface area contributed by atoms with Gasteiger partial charge in [0.25, 0.3) is 0 Å². The number of rotatable bonds is 7. The van der Waals surface area contributed by atoms with Crippen LogP contribution >= 0.6 is 0 Å². The van der Waals surface area contributed by atoms with Crippen LogP contribution in [0.15, 0.2) is 0 Å². The van der Waals surface area contributed by atoms with E-state index in [0.717, 1.165) is 6.54 Å². The van der Waals surface area contributed by atoms with Crippen molar-refractivity contribution in [3.8, 4) is 0 Å². The van der Waals surface area contributed by atoms with Crippen molar-refractivity contribution in [3.63, 3.8) is 0 Å². The van der Waals surface area contributed by atoms with E-state index in [1.165, 1.54) is 19.3 Å². The molecule has 1 saturated carbocycles. The van der Waals surface area contributed by atoms with E-state index in [2.05, 4.69) is 19.2 Å². The highest BCUT2D eigenvalue weighted by Crippen LogP contribution is 2.36. The van der Waals surface area contributed by atoms with Gasteiger partial charge >= 0.3 is 5.97 Å². The molecule has 0 aromatic heterocycles. The number of hydrogen-bond donors (Lipinski definition) is 1. The smallest absolute Gasteiger partial charge is 0.332 e. The lowest BCUT2D eigenvalue weighted by atomic mass is 9.87. The lowest BCUT2D eigenvalue weighted by molar-refractivity contribution is -0.148. The average Bonchev–Trinajstić information content (AvgIpc) is 2.58. The van der Waals surface area contributed by atoms with Crippen molar-refractivity contribution in [2.24, 2.45) is 5.41 Å². The summed E-state index contributed by atoms with van der Waals surface area (Å²) in [7, 11) is 0. The maximum Gasteiger partial charge on any atom is 0.332 e. The predicted molar refractivity (Wildman–Crippen MR) is 66.9 cm³/mol. The molecule has 0 bridgehead atoms. The van der Waals surface area contributed by atoms with E-state index in [1.54, 1.807) is 6.92 Å². The van der Waals surface area contributed by atoms with Crippen LogP contribution in [-0.2, 0) is 14.3 Å². The van der Waals surface area contributed by atoms with Crippen LogP contribution in [0.25, 0.3) is 0 Å². The van der Waals surface area contributed by atoms with E-state index in [1.807, 2.05) is 0 Å². The largest absolute Gasteiger partial charge is 0.464 e. The molecule has 1 rings (SSSR count). The molecule has 0 aromatic rings. The minimum atomic E-state index is -0.284. The fraction of sp³-hybridized carbons (Fsp3) is 0.923. The summed E-state index contributed by atoms with van der Waals surface area (Å²) in [6.07, 6.45) is 3.83. The van der Waals surface area contributed by atoms with Gasteiger partial charge in [-0.15, -0.1) is 0 Å². The summed E-state index contributed by atoms with van der Waals surface area (Å²) in [6.45, 7) is 8.23. The van der Waals surface area contributed by atoms with Gasteiger partial charge in [-0.1, -0.05) is 20.3 Å². The molecule has 17 heavy (non-hydrogen) atoms. The van der Waals surface area contributed by atoms with Crippen LogP contribution in [0, 0.1) is 5.41 Å². The summed E-state index contributed by atoms with van der Waals surface area (Å²) in [5.74, 6) is -0.284. The molecule has 0 radical (unpaired) electrons. The topological polar surface area (TPSA) is 47.6 Å². The van der Waals surface area contributed by atoms with Crippen molar-refractivity contribution in [3.05, 3.63) is 0 Å². The molecule has 0 spiro atoms. The number of nitrogens with one attached hydrogen (secondary N) is 1. The van der Waals surface area contributed by atoms with Crippen molar-refractivity contribution in [1.29, 1.82) is 0 Å². The Morgan fingerprint density at radius 2 is 2.24 bits per heavy atom. The summed E-state index contributed by atoms with van der Waals surface area (Å²) < 4.78 is 10.0. The zero-order valence-corrected chi connectivity index (χ0v) is 11.3. The third-order valence-electron chi connectivity index (χ3n) is 3.42. The summed E-state index contributed by atoms with van der Waals surface area (Å²) in [6, 6.07) is 0.577. The minimum Gasteiger partial charge on any atom is -0.464 e. The second-order valence-electron chi connectivity index (χ2n) is 5.25. The van der Waals surface area contributed by atoms with Gasteiger partial charge in [-0.3, -0.25) is 0 Å². The number of hydrogen-bond acceptors (Lipinski definition) is 4. The fourth-order valence-electron chi connectivity index (χ4n) is 2.37. The second kappa shape index (κ2) is 6.97. The molecule has 1 unspecified atom stereocenters. The third kappa shape index (κ3) is 5.04. The number of carbonyl (C=O) groups is 1. The van der Waals surface area contributed by atoms with Crippen molar-refractivity contribution in [1.82, 2.24) is 5.32 Å². The maximum atomic E-state index is 11.0. The molecule has 1 N–H and O–H groups in total. The van der Waals surface area contributed by atoms with E-state index in [9.17, 15) is 4.79 Å². The van der Waals surface area contributed by atoms with Gasteiger partial charge in [-0.25, -0.2) is 4.79 Å². The number of esters is 1. The van der Waals surface area contributed by atoms with Crippen LogP contribution in [-0.4, -0.2) is 38.4 Å². The first-order valence-electron chi connectivity index (χ1n) is 6.53. The molecule has 4 nitrogen and oxygen atoms in total. The fourth-order valence-corrected chi connectivity index (χ4v) is 2.37. The normalized spacial score (nSPS) is 22.6. The van der Waals surface area contributed by atoms with Gasteiger partial charge in [0.2, 0.25) is 0 Å². The first-order valence-corrected chi connectivity index (χ1v) is 6.53. The molecule has 1 aliphatic carbocycles. The molecular weight excluding hydrogens is 218 g/mol. The lowest BCUT2D eigenvalue weighted by Gasteiger charge is -2.27.